The molecule has 0 aliphatic carbocycles. The van der Waals surface area contributed by atoms with Crippen molar-refractivity contribution in [2.75, 3.05) is 18.2 Å². The van der Waals surface area contributed by atoms with E-state index in [4.69, 9.17) is 27.9 Å². The number of nitrogens with one attached hydrogen (secondary N) is 1. The number of hydrogen-bond acceptors (Lipinski definition) is 3. The standard InChI is InChI=1S/C17H17Cl2NO2S/c1-3-8-22-16-7-4-11(18)9-15(16)20-17(21)13-10-12(23-2)5-6-14(13)19/h4-7,9-10H,3,8H2,1-2H3,(H,20,21). The van der Waals surface area contributed by atoms with Gasteiger partial charge < -0.3 is 10.1 Å². The molecule has 0 heterocycles. The summed E-state index contributed by atoms with van der Waals surface area (Å²) in [5.41, 5.74) is 0.946. The number of rotatable bonds is 6. The molecule has 0 spiro atoms. The number of anilines is 1. The molecule has 0 aliphatic rings. The fourth-order valence-corrected chi connectivity index (χ4v) is 2.75. The van der Waals surface area contributed by atoms with Gasteiger partial charge in [-0.05, 0) is 49.1 Å². The van der Waals surface area contributed by atoms with Crippen molar-refractivity contribution >= 4 is 46.6 Å². The van der Waals surface area contributed by atoms with Crippen LogP contribution in [0.15, 0.2) is 41.3 Å². The highest BCUT2D eigenvalue weighted by Gasteiger charge is 2.14. The van der Waals surface area contributed by atoms with Gasteiger partial charge in [-0.1, -0.05) is 30.1 Å². The summed E-state index contributed by atoms with van der Waals surface area (Å²) in [6.07, 6.45) is 2.82. The zero-order valence-corrected chi connectivity index (χ0v) is 15.2. The minimum atomic E-state index is -0.297. The number of carbonyl (C=O) groups is 1. The second-order valence-electron chi connectivity index (χ2n) is 4.79. The van der Waals surface area contributed by atoms with E-state index < -0.39 is 0 Å². The molecule has 122 valence electrons. The smallest absolute Gasteiger partial charge is 0.257 e. The first-order valence-electron chi connectivity index (χ1n) is 7.12. The largest absolute Gasteiger partial charge is 0.491 e. The van der Waals surface area contributed by atoms with Gasteiger partial charge in [-0.3, -0.25) is 4.79 Å². The van der Waals surface area contributed by atoms with E-state index in [2.05, 4.69) is 5.32 Å². The van der Waals surface area contributed by atoms with Crippen molar-refractivity contribution in [3.05, 3.63) is 52.0 Å². The first kappa shape index (κ1) is 18.0. The van der Waals surface area contributed by atoms with E-state index in [0.29, 0.717) is 33.7 Å². The Morgan fingerprint density at radius 3 is 2.70 bits per heavy atom. The SMILES string of the molecule is CCCOc1ccc(Cl)cc1NC(=O)c1cc(SC)ccc1Cl. The van der Waals surface area contributed by atoms with Gasteiger partial charge in [-0.25, -0.2) is 0 Å². The molecule has 0 unspecified atom stereocenters. The number of halogens is 2. The van der Waals surface area contributed by atoms with Crippen LogP contribution in [0.5, 0.6) is 5.75 Å². The van der Waals surface area contributed by atoms with E-state index in [1.165, 1.54) is 0 Å². The van der Waals surface area contributed by atoms with Crippen LogP contribution in [0.1, 0.15) is 23.7 Å². The summed E-state index contributed by atoms with van der Waals surface area (Å²) in [6, 6.07) is 10.5. The first-order chi connectivity index (χ1) is 11.0. The Kier molecular flexibility index (Phi) is 6.63. The van der Waals surface area contributed by atoms with Crippen LogP contribution in [0, 0.1) is 0 Å². The third-order valence-corrected chi connectivity index (χ3v) is 4.36. The summed E-state index contributed by atoms with van der Waals surface area (Å²) in [6.45, 7) is 2.58. The minimum Gasteiger partial charge on any atom is -0.491 e. The van der Waals surface area contributed by atoms with E-state index in [1.54, 1.807) is 42.1 Å². The lowest BCUT2D eigenvalue weighted by atomic mass is 10.2. The molecule has 0 saturated heterocycles. The second-order valence-corrected chi connectivity index (χ2v) is 6.51. The summed E-state index contributed by atoms with van der Waals surface area (Å²) >= 11 is 13.7. The first-order valence-corrected chi connectivity index (χ1v) is 9.10. The highest BCUT2D eigenvalue weighted by Crippen LogP contribution is 2.30. The van der Waals surface area contributed by atoms with E-state index in [1.807, 2.05) is 19.2 Å². The molecular weight excluding hydrogens is 353 g/mol. The number of hydrogen-bond donors (Lipinski definition) is 1. The van der Waals surface area contributed by atoms with E-state index in [0.717, 1.165) is 11.3 Å². The van der Waals surface area contributed by atoms with Gasteiger partial charge in [0.05, 0.1) is 22.9 Å². The third-order valence-electron chi connectivity index (χ3n) is 3.07. The van der Waals surface area contributed by atoms with Crippen molar-refractivity contribution in [1.82, 2.24) is 0 Å². The van der Waals surface area contributed by atoms with Crippen LogP contribution < -0.4 is 10.1 Å². The van der Waals surface area contributed by atoms with Gasteiger partial charge in [0.2, 0.25) is 0 Å². The molecule has 0 atom stereocenters. The van der Waals surface area contributed by atoms with Gasteiger partial charge in [-0.15, -0.1) is 11.8 Å². The van der Waals surface area contributed by atoms with Gasteiger partial charge in [0.25, 0.3) is 5.91 Å². The van der Waals surface area contributed by atoms with E-state index >= 15 is 0 Å². The van der Waals surface area contributed by atoms with Crippen molar-refractivity contribution in [3.8, 4) is 5.75 Å². The Bertz CT molecular complexity index is 707. The third kappa shape index (κ3) is 4.80. The van der Waals surface area contributed by atoms with Crippen LogP contribution >= 0.6 is 35.0 Å². The zero-order chi connectivity index (χ0) is 16.8. The Hall–Kier alpha value is -1.36. The molecule has 0 saturated carbocycles. The maximum absolute atomic E-state index is 12.5. The zero-order valence-electron chi connectivity index (χ0n) is 12.9. The highest BCUT2D eigenvalue weighted by atomic mass is 35.5. The fourth-order valence-electron chi connectivity index (χ4n) is 1.93. The Labute approximate surface area is 150 Å². The predicted octanol–water partition coefficient (Wildman–Crippen LogP) is 5.76. The quantitative estimate of drug-likeness (QED) is 0.658. The molecule has 0 bridgehead atoms. The summed E-state index contributed by atoms with van der Waals surface area (Å²) in [5, 5.41) is 3.75. The molecule has 0 aliphatic heterocycles. The van der Waals surface area contributed by atoms with Crippen LogP contribution in [0.25, 0.3) is 0 Å². The number of ether oxygens (including phenoxy) is 1. The molecule has 6 heteroatoms. The lowest BCUT2D eigenvalue weighted by Crippen LogP contribution is -2.14. The molecule has 2 aromatic rings. The molecule has 23 heavy (non-hydrogen) atoms. The molecule has 2 rings (SSSR count). The number of benzene rings is 2. The van der Waals surface area contributed by atoms with Gasteiger partial charge in [0.15, 0.2) is 0 Å². The average Bonchev–Trinajstić information content (AvgIpc) is 2.54. The fraction of sp³-hybridized carbons (Fsp3) is 0.235. The minimum absolute atomic E-state index is 0.297. The molecule has 1 amide bonds. The molecule has 3 nitrogen and oxygen atoms in total. The van der Waals surface area contributed by atoms with Crippen LogP contribution in [0.4, 0.5) is 5.69 Å². The van der Waals surface area contributed by atoms with Crippen LogP contribution in [0.3, 0.4) is 0 Å². The lowest BCUT2D eigenvalue weighted by molar-refractivity contribution is 0.102. The summed E-state index contributed by atoms with van der Waals surface area (Å²) < 4.78 is 5.64. The summed E-state index contributed by atoms with van der Waals surface area (Å²) in [5.74, 6) is 0.288. The monoisotopic (exact) mass is 369 g/mol. The highest BCUT2D eigenvalue weighted by molar-refractivity contribution is 7.98. The van der Waals surface area contributed by atoms with E-state index in [9.17, 15) is 4.79 Å². The summed E-state index contributed by atoms with van der Waals surface area (Å²) in [4.78, 5) is 13.5. The molecule has 2 aromatic carbocycles. The van der Waals surface area contributed by atoms with Crippen molar-refractivity contribution in [2.24, 2.45) is 0 Å². The topological polar surface area (TPSA) is 38.3 Å². The van der Waals surface area contributed by atoms with Gasteiger partial charge in [0.1, 0.15) is 5.75 Å². The number of carbonyl (C=O) groups excluding carboxylic acids is 1. The van der Waals surface area contributed by atoms with Crippen LogP contribution in [-0.2, 0) is 0 Å². The molecule has 0 aromatic heterocycles. The van der Waals surface area contributed by atoms with Crippen molar-refractivity contribution in [2.45, 2.75) is 18.2 Å². The van der Waals surface area contributed by atoms with Crippen LogP contribution in [-0.4, -0.2) is 18.8 Å². The van der Waals surface area contributed by atoms with Crippen LogP contribution in [0.2, 0.25) is 10.0 Å². The van der Waals surface area contributed by atoms with Crippen molar-refractivity contribution in [3.63, 3.8) is 0 Å². The average molecular weight is 370 g/mol. The normalized spacial score (nSPS) is 10.4. The molecule has 0 radical (unpaired) electrons. The van der Waals surface area contributed by atoms with Crippen molar-refractivity contribution in [1.29, 1.82) is 0 Å². The summed E-state index contributed by atoms with van der Waals surface area (Å²) in [7, 11) is 0. The lowest BCUT2D eigenvalue weighted by Gasteiger charge is -2.13. The maximum atomic E-state index is 12.5. The Morgan fingerprint density at radius 1 is 1.22 bits per heavy atom. The Balaban J connectivity index is 2.27. The van der Waals surface area contributed by atoms with Gasteiger partial charge >= 0.3 is 0 Å². The second kappa shape index (κ2) is 8.48. The molecule has 1 N–H and O–H groups in total. The Morgan fingerprint density at radius 2 is 2.00 bits per heavy atom. The van der Waals surface area contributed by atoms with Gasteiger partial charge in [-0.2, -0.15) is 0 Å². The van der Waals surface area contributed by atoms with Crippen molar-refractivity contribution < 1.29 is 9.53 Å². The molecular formula is C17H17Cl2NO2S. The number of amides is 1. The maximum Gasteiger partial charge on any atom is 0.257 e. The predicted molar refractivity (Wildman–Crippen MR) is 98.4 cm³/mol. The number of thioether (sulfide) groups is 1. The molecule has 0 fully saturated rings. The van der Waals surface area contributed by atoms with Gasteiger partial charge in [0, 0.05) is 9.92 Å². The van der Waals surface area contributed by atoms with E-state index in [-0.39, 0.29) is 5.91 Å².